The lowest BCUT2D eigenvalue weighted by Crippen LogP contribution is -2.34. The fraction of sp³-hybridized carbons (Fsp3) is 0.300. The number of hydrogen-bond donors (Lipinski definition) is 0. The lowest BCUT2D eigenvalue weighted by Gasteiger charge is -2.22. The Hall–Kier alpha value is -3.29. The summed E-state index contributed by atoms with van der Waals surface area (Å²) in [7, 11) is 1.45. The van der Waals surface area contributed by atoms with Gasteiger partial charge < -0.3 is 23.8 Å². The maximum Gasteiger partial charge on any atom is 0.338 e. The molecule has 7 nitrogen and oxygen atoms in total. The first kappa shape index (κ1) is 19.5. The highest BCUT2D eigenvalue weighted by Crippen LogP contribution is 2.40. The smallest absolute Gasteiger partial charge is 0.338 e. The van der Waals surface area contributed by atoms with E-state index < -0.39 is 24.3 Å². The third-order valence-electron chi connectivity index (χ3n) is 4.15. The average molecular weight is 389 g/mol. The van der Waals surface area contributed by atoms with Crippen molar-refractivity contribution in [3.05, 3.63) is 47.8 Å². The second kappa shape index (κ2) is 8.60. The molecule has 0 fully saturated rings. The number of esters is 1. The molecule has 1 aliphatic rings. The van der Waals surface area contributed by atoms with Crippen LogP contribution in [0.1, 0.15) is 17.3 Å². The molecule has 0 N–H and O–H groups in total. The van der Waals surface area contributed by atoms with E-state index in [0.29, 0.717) is 42.7 Å². The van der Waals surface area contributed by atoms with Crippen LogP contribution in [0.3, 0.4) is 0 Å². The van der Waals surface area contributed by atoms with Gasteiger partial charge in [-0.25, -0.2) is 9.18 Å². The van der Waals surface area contributed by atoms with Crippen LogP contribution in [0.4, 0.5) is 10.1 Å². The Morgan fingerprint density at radius 2 is 1.86 bits per heavy atom. The van der Waals surface area contributed by atoms with E-state index in [1.54, 1.807) is 6.92 Å². The highest BCUT2D eigenvalue weighted by Gasteiger charge is 2.23. The SMILES string of the molecule is CCN(C(=O)COC(=O)c1cc(OC)c2c(c1)OCCO2)c1ccc(F)cc1. The number of carbonyl (C=O) groups excluding carboxylic acids is 2. The Kier molecular flexibility index (Phi) is 5.98. The number of likely N-dealkylation sites (N-methyl/N-ethyl adjacent to an activating group) is 1. The Morgan fingerprint density at radius 1 is 1.14 bits per heavy atom. The van der Waals surface area contributed by atoms with Gasteiger partial charge in [-0.05, 0) is 43.3 Å². The third kappa shape index (κ3) is 4.16. The van der Waals surface area contributed by atoms with E-state index in [1.807, 2.05) is 0 Å². The van der Waals surface area contributed by atoms with E-state index in [-0.39, 0.29) is 5.56 Å². The summed E-state index contributed by atoms with van der Waals surface area (Å²) in [6, 6.07) is 8.46. The standard InChI is InChI=1S/C20H20FNO6/c1-3-22(15-6-4-14(21)5-7-15)18(23)12-28-20(24)13-10-16(25-2)19-17(11-13)26-8-9-27-19/h4-7,10-11H,3,8-9,12H2,1-2H3. The van der Waals surface area contributed by atoms with Crippen LogP contribution in [0.15, 0.2) is 36.4 Å². The van der Waals surface area contributed by atoms with Crippen LogP contribution in [0.25, 0.3) is 0 Å². The fourth-order valence-electron chi connectivity index (χ4n) is 2.80. The molecule has 0 atom stereocenters. The monoisotopic (exact) mass is 389 g/mol. The molecule has 0 bridgehead atoms. The van der Waals surface area contributed by atoms with E-state index in [4.69, 9.17) is 18.9 Å². The van der Waals surface area contributed by atoms with Crippen molar-refractivity contribution >= 4 is 17.6 Å². The van der Waals surface area contributed by atoms with E-state index in [1.165, 1.54) is 48.4 Å². The first-order valence-corrected chi connectivity index (χ1v) is 8.74. The molecule has 3 rings (SSSR count). The number of rotatable bonds is 6. The van der Waals surface area contributed by atoms with Gasteiger partial charge in [0.2, 0.25) is 5.75 Å². The van der Waals surface area contributed by atoms with Gasteiger partial charge >= 0.3 is 5.97 Å². The minimum absolute atomic E-state index is 0.179. The molecule has 0 unspecified atom stereocenters. The molecular formula is C20H20FNO6. The van der Waals surface area contributed by atoms with E-state index in [9.17, 15) is 14.0 Å². The number of carbonyl (C=O) groups is 2. The number of halogens is 1. The molecule has 2 aromatic rings. The Bertz CT molecular complexity index is 850. The van der Waals surface area contributed by atoms with Gasteiger partial charge in [0.05, 0.1) is 12.7 Å². The van der Waals surface area contributed by atoms with Gasteiger partial charge in [0.25, 0.3) is 5.91 Å². The zero-order chi connectivity index (χ0) is 20.1. The molecule has 0 saturated carbocycles. The summed E-state index contributed by atoms with van der Waals surface area (Å²) in [6.45, 7) is 2.41. The quantitative estimate of drug-likeness (QED) is 0.708. The largest absolute Gasteiger partial charge is 0.493 e. The number of anilines is 1. The maximum absolute atomic E-state index is 13.1. The Balaban J connectivity index is 1.69. The molecule has 0 spiro atoms. The lowest BCUT2D eigenvalue weighted by atomic mass is 10.1. The molecule has 2 aromatic carbocycles. The maximum atomic E-state index is 13.1. The second-order valence-electron chi connectivity index (χ2n) is 5.89. The summed E-state index contributed by atoms with van der Waals surface area (Å²) in [4.78, 5) is 26.2. The molecule has 0 radical (unpaired) electrons. The summed E-state index contributed by atoms with van der Waals surface area (Å²) < 4.78 is 34.4. The normalized spacial score (nSPS) is 12.2. The number of amides is 1. The van der Waals surface area contributed by atoms with Crippen molar-refractivity contribution in [2.45, 2.75) is 6.92 Å². The zero-order valence-corrected chi connectivity index (χ0v) is 15.6. The number of fused-ring (bicyclic) bond motifs is 1. The number of methoxy groups -OCH3 is 1. The van der Waals surface area contributed by atoms with Gasteiger partial charge in [-0.2, -0.15) is 0 Å². The van der Waals surface area contributed by atoms with Crippen molar-refractivity contribution in [2.75, 3.05) is 38.4 Å². The van der Waals surface area contributed by atoms with Crippen molar-refractivity contribution in [3.8, 4) is 17.2 Å². The van der Waals surface area contributed by atoms with Crippen LogP contribution < -0.4 is 19.1 Å². The number of benzene rings is 2. The van der Waals surface area contributed by atoms with Crippen LogP contribution in [-0.4, -0.2) is 45.4 Å². The van der Waals surface area contributed by atoms with Crippen LogP contribution in [-0.2, 0) is 9.53 Å². The van der Waals surface area contributed by atoms with E-state index in [2.05, 4.69) is 0 Å². The van der Waals surface area contributed by atoms with Crippen molar-refractivity contribution in [2.24, 2.45) is 0 Å². The first-order chi connectivity index (χ1) is 13.5. The summed E-state index contributed by atoms with van der Waals surface area (Å²) >= 11 is 0. The molecule has 0 aliphatic carbocycles. The minimum atomic E-state index is -0.696. The molecule has 148 valence electrons. The second-order valence-corrected chi connectivity index (χ2v) is 5.89. The van der Waals surface area contributed by atoms with Gasteiger partial charge in [0, 0.05) is 12.2 Å². The van der Waals surface area contributed by atoms with Gasteiger partial charge in [-0.1, -0.05) is 0 Å². The van der Waals surface area contributed by atoms with Gasteiger partial charge in [0.15, 0.2) is 18.1 Å². The molecule has 28 heavy (non-hydrogen) atoms. The van der Waals surface area contributed by atoms with Gasteiger partial charge in [-0.15, -0.1) is 0 Å². The minimum Gasteiger partial charge on any atom is -0.493 e. The topological polar surface area (TPSA) is 74.3 Å². The fourth-order valence-corrected chi connectivity index (χ4v) is 2.80. The first-order valence-electron chi connectivity index (χ1n) is 8.74. The predicted molar refractivity (Wildman–Crippen MR) is 98.7 cm³/mol. The van der Waals surface area contributed by atoms with Crippen LogP contribution in [0, 0.1) is 5.82 Å². The van der Waals surface area contributed by atoms with E-state index in [0.717, 1.165) is 0 Å². The lowest BCUT2D eigenvalue weighted by molar-refractivity contribution is -0.121. The van der Waals surface area contributed by atoms with Gasteiger partial charge in [-0.3, -0.25) is 4.79 Å². The Morgan fingerprint density at radius 3 is 2.54 bits per heavy atom. The molecule has 8 heteroatoms. The molecular weight excluding hydrogens is 369 g/mol. The average Bonchev–Trinajstić information content (AvgIpc) is 2.73. The molecule has 1 amide bonds. The number of nitrogens with zero attached hydrogens (tertiary/aromatic N) is 1. The van der Waals surface area contributed by atoms with E-state index >= 15 is 0 Å². The van der Waals surface area contributed by atoms with Crippen LogP contribution >= 0.6 is 0 Å². The molecule has 0 saturated heterocycles. The predicted octanol–water partition coefficient (Wildman–Crippen LogP) is 2.82. The van der Waals surface area contributed by atoms with Crippen molar-refractivity contribution in [1.29, 1.82) is 0 Å². The molecule has 1 aliphatic heterocycles. The van der Waals surface area contributed by atoms with Gasteiger partial charge in [0.1, 0.15) is 19.0 Å². The summed E-state index contributed by atoms with van der Waals surface area (Å²) in [5.74, 6) is -0.367. The summed E-state index contributed by atoms with van der Waals surface area (Å²) in [5, 5.41) is 0. The highest BCUT2D eigenvalue weighted by atomic mass is 19.1. The van der Waals surface area contributed by atoms with Crippen molar-refractivity contribution in [3.63, 3.8) is 0 Å². The number of hydrogen-bond acceptors (Lipinski definition) is 6. The van der Waals surface area contributed by atoms with Crippen molar-refractivity contribution in [1.82, 2.24) is 0 Å². The molecule has 1 heterocycles. The molecule has 0 aromatic heterocycles. The third-order valence-corrected chi connectivity index (χ3v) is 4.15. The summed E-state index contributed by atoms with van der Waals surface area (Å²) in [6.07, 6.45) is 0. The van der Waals surface area contributed by atoms with Crippen LogP contribution in [0.2, 0.25) is 0 Å². The van der Waals surface area contributed by atoms with Crippen LogP contribution in [0.5, 0.6) is 17.2 Å². The van der Waals surface area contributed by atoms with Crippen molar-refractivity contribution < 1.29 is 32.9 Å². The zero-order valence-electron chi connectivity index (χ0n) is 15.6. The Labute approximate surface area is 161 Å². The highest BCUT2D eigenvalue weighted by molar-refractivity contribution is 5.97. The number of ether oxygens (including phenoxy) is 4. The summed E-state index contributed by atoms with van der Waals surface area (Å²) in [5.41, 5.74) is 0.699.